The molecule has 4 nitrogen and oxygen atoms in total. The molecule has 1 N–H and O–H groups in total. The Morgan fingerprint density at radius 1 is 1.71 bits per heavy atom. The van der Waals surface area contributed by atoms with Gasteiger partial charge in [-0.2, -0.15) is 11.8 Å². The molecule has 76 valence electrons. The van der Waals surface area contributed by atoms with Gasteiger partial charge in [0.15, 0.2) is 5.69 Å². The molecule has 0 spiro atoms. The van der Waals surface area contributed by atoms with Crippen molar-refractivity contribution in [1.29, 1.82) is 0 Å². The molecule has 2 heterocycles. The highest BCUT2D eigenvalue weighted by atomic mass is 32.2. The van der Waals surface area contributed by atoms with Gasteiger partial charge in [-0.1, -0.05) is 0 Å². The maximum atomic E-state index is 10.6. The van der Waals surface area contributed by atoms with E-state index in [-0.39, 0.29) is 11.8 Å². The van der Waals surface area contributed by atoms with Crippen molar-refractivity contribution in [1.82, 2.24) is 4.98 Å². The fourth-order valence-corrected chi connectivity index (χ4v) is 2.96. The summed E-state index contributed by atoms with van der Waals surface area (Å²) in [6, 6.07) is 0. The number of thiazole rings is 1. The molecule has 0 amide bonds. The van der Waals surface area contributed by atoms with E-state index in [9.17, 15) is 4.79 Å². The lowest BCUT2D eigenvalue weighted by Crippen LogP contribution is -2.15. The summed E-state index contributed by atoms with van der Waals surface area (Å²) in [5.41, 5.74) is 0.115. The molecule has 0 bridgehead atoms. The monoisotopic (exact) mass is 231 g/mol. The summed E-state index contributed by atoms with van der Waals surface area (Å²) in [6.45, 7) is 0.720. The number of nitrogens with zero attached hydrogens (tertiary/aromatic N) is 1. The number of aromatic carboxylic acids is 1. The Morgan fingerprint density at radius 2 is 2.57 bits per heavy atom. The lowest BCUT2D eigenvalue weighted by atomic mass is 10.4. The summed E-state index contributed by atoms with van der Waals surface area (Å²) in [5, 5.41) is 11.0. The highest BCUT2D eigenvalue weighted by Crippen LogP contribution is 2.28. The quantitative estimate of drug-likeness (QED) is 0.838. The molecule has 1 aromatic rings. The van der Waals surface area contributed by atoms with E-state index in [0.717, 1.165) is 23.1 Å². The van der Waals surface area contributed by atoms with Gasteiger partial charge in [0.2, 0.25) is 0 Å². The van der Waals surface area contributed by atoms with Crippen molar-refractivity contribution in [2.24, 2.45) is 0 Å². The molecule has 0 aliphatic carbocycles. The summed E-state index contributed by atoms with van der Waals surface area (Å²) in [5.74, 6) is 0.899. The third-order valence-corrected chi connectivity index (χ3v) is 3.76. The average molecular weight is 231 g/mol. The van der Waals surface area contributed by atoms with Crippen LogP contribution in [-0.4, -0.2) is 34.2 Å². The first-order valence-electron chi connectivity index (χ1n) is 4.15. The van der Waals surface area contributed by atoms with Crippen LogP contribution in [0.2, 0.25) is 0 Å². The Labute approximate surface area is 89.3 Å². The minimum Gasteiger partial charge on any atom is -0.476 e. The minimum absolute atomic E-state index is 0.0214. The van der Waals surface area contributed by atoms with Crippen LogP contribution < -0.4 is 0 Å². The van der Waals surface area contributed by atoms with E-state index in [0.29, 0.717) is 0 Å². The zero-order chi connectivity index (χ0) is 9.97. The SMILES string of the molecule is O=C(O)c1csc(C2CSCCO2)n1. The number of ether oxygens (including phenoxy) is 1. The largest absolute Gasteiger partial charge is 0.476 e. The van der Waals surface area contributed by atoms with E-state index in [1.807, 2.05) is 11.8 Å². The standard InChI is InChI=1S/C8H9NO3S2/c10-8(11)5-3-14-7(9-5)6-4-13-2-1-12-6/h3,6H,1-2,4H2,(H,10,11). The van der Waals surface area contributed by atoms with E-state index in [1.54, 1.807) is 5.38 Å². The van der Waals surface area contributed by atoms with Crippen LogP contribution in [0.15, 0.2) is 5.38 Å². The number of thioether (sulfide) groups is 1. The number of rotatable bonds is 2. The van der Waals surface area contributed by atoms with Crippen LogP contribution in [0.4, 0.5) is 0 Å². The van der Waals surface area contributed by atoms with Gasteiger partial charge in [-0.05, 0) is 0 Å². The van der Waals surface area contributed by atoms with Gasteiger partial charge < -0.3 is 9.84 Å². The summed E-state index contributed by atoms with van der Waals surface area (Å²) in [4.78, 5) is 14.6. The van der Waals surface area contributed by atoms with E-state index < -0.39 is 5.97 Å². The van der Waals surface area contributed by atoms with Crippen molar-refractivity contribution in [2.75, 3.05) is 18.1 Å². The number of aromatic nitrogens is 1. The van der Waals surface area contributed by atoms with Gasteiger partial charge in [-0.25, -0.2) is 9.78 Å². The van der Waals surface area contributed by atoms with Crippen molar-refractivity contribution in [2.45, 2.75) is 6.10 Å². The van der Waals surface area contributed by atoms with Crippen molar-refractivity contribution < 1.29 is 14.6 Å². The van der Waals surface area contributed by atoms with Crippen LogP contribution in [0.3, 0.4) is 0 Å². The fraction of sp³-hybridized carbons (Fsp3) is 0.500. The zero-order valence-corrected chi connectivity index (χ0v) is 8.94. The molecule has 2 rings (SSSR count). The Kier molecular flexibility index (Phi) is 3.05. The predicted molar refractivity (Wildman–Crippen MR) is 55.1 cm³/mol. The number of carbonyl (C=O) groups is 1. The number of carboxylic acids is 1. The second kappa shape index (κ2) is 4.29. The smallest absolute Gasteiger partial charge is 0.355 e. The molecule has 0 saturated carbocycles. The number of carboxylic acid groups (broad SMARTS) is 1. The molecule has 1 atom stereocenters. The molecule has 0 radical (unpaired) electrons. The molecular formula is C8H9NO3S2. The first-order valence-corrected chi connectivity index (χ1v) is 6.19. The van der Waals surface area contributed by atoms with Crippen LogP contribution in [0.1, 0.15) is 21.6 Å². The number of hydrogen-bond acceptors (Lipinski definition) is 5. The highest BCUT2D eigenvalue weighted by molar-refractivity contribution is 7.99. The average Bonchev–Trinajstić information content (AvgIpc) is 2.68. The van der Waals surface area contributed by atoms with Crippen molar-refractivity contribution in [3.63, 3.8) is 0 Å². The summed E-state index contributed by atoms with van der Waals surface area (Å²) < 4.78 is 5.49. The molecule has 1 fully saturated rings. The lowest BCUT2D eigenvalue weighted by Gasteiger charge is -2.19. The maximum Gasteiger partial charge on any atom is 0.355 e. The van der Waals surface area contributed by atoms with Crippen molar-refractivity contribution >= 4 is 29.1 Å². The molecule has 1 aliphatic rings. The Balaban J connectivity index is 2.11. The number of hydrogen-bond donors (Lipinski definition) is 1. The minimum atomic E-state index is -0.976. The van der Waals surface area contributed by atoms with Gasteiger partial charge in [0.25, 0.3) is 0 Å². The maximum absolute atomic E-state index is 10.6. The lowest BCUT2D eigenvalue weighted by molar-refractivity contribution is 0.0682. The third kappa shape index (κ3) is 2.08. The Morgan fingerprint density at radius 3 is 3.14 bits per heavy atom. The molecule has 1 aromatic heterocycles. The second-order valence-corrected chi connectivity index (χ2v) is 4.85. The molecule has 6 heteroatoms. The van der Waals surface area contributed by atoms with Crippen LogP contribution in [0.25, 0.3) is 0 Å². The van der Waals surface area contributed by atoms with E-state index in [4.69, 9.17) is 9.84 Å². The second-order valence-electron chi connectivity index (χ2n) is 2.81. The van der Waals surface area contributed by atoms with Crippen LogP contribution in [0.5, 0.6) is 0 Å². The van der Waals surface area contributed by atoms with Gasteiger partial charge in [0.05, 0.1) is 6.61 Å². The van der Waals surface area contributed by atoms with E-state index in [2.05, 4.69) is 4.98 Å². The van der Waals surface area contributed by atoms with E-state index in [1.165, 1.54) is 11.3 Å². The third-order valence-electron chi connectivity index (χ3n) is 1.83. The van der Waals surface area contributed by atoms with Crippen molar-refractivity contribution in [3.05, 3.63) is 16.1 Å². The van der Waals surface area contributed by atoms with Gasteiger partial charge in [0.1, 0.15) is 11.1 Å². The normalized spacial score (nSPS) is 22.1. The fourth-order valence-electron chi connectivity index (χ4n) is 1.16. The van der Waals surface area contributed by atoms with Crippen LogP contribution >= 0.6 is 23.1 Å². The molecular weight excluding hydrogens is 222 g/mol. The van der Waals surface area contributed by atoms with Gasteiger partial charge in [-0.15, -0.1) is 11.3 Å². The van der Waals surface area contributed by atoms with Crippen LogP contribution in [-0.2, 0) is 4.74 Å². The summed E-state index contributed by atoms with van der Waals surface area (Å²) in [6.07, 6.45) is -0.0214. The summed E-state index contributed by atoms with van der Waals surface area (Å²) >= 11 is 3.16. The highest BCUT2D eigenvalue weighted by Gasteiger charge is 2.20. The Hall–Kier alpha value is -0.590. The topological polar surface area (TPSA) is 59.4 Å². The predicted octanol–water partition coefficient (Wildman–Crippen LogP) is 1.65. The van der Waals surface area contributed by atoms with Crippen LogP contribution in [0, 0.1) is 0 Å². The summed E-state index contributed by atoms with van der Waals surface area (Å²) in [7, 11) is 0. The first kappa shape index (κ1) is 9.95. The zero-order valence-electron chi connectivity index (χ0n) is 7.30. The molecule has 1 unspecified atom stereocenters. The molecule has 1 saturated heterocycles. The van der Waals surface area contributed by atoms with Crippen molar-refractivity contribution in [3.8, 4) is 0 Å². The van der Waals surface area contributed by atoms with Gasteiger partial charge in [-0.3, -0.25) is 0 Å². The molecule has 1 aliphatic heterocycles. The first-order chi connectivity index (χ1) is 6.77. The molecule has 14 heavy (non-hydrogen) atoms. The Bertz CT molecular complexity index is 333. The van der Waals surface area contributed by atoms with E-state index >= 15 is 0 Å². The van der Waals surface area contributed by atoms with Gasteiger partial charge in [0, 0.05) is 16.9 Å². The van der Waals surface area contributed by atoms with Gasteiger partial charge >= 0.3 is 5.97 Å². The molecule has 0 aromatic carbocycles.